The third-order valence-electron chi connectivity index (χ3n) is 3.20. The standard InChI is InChI=1S/C18H19ClINO3/c1-2-23-8-9-24-12-13-4-3-5-15(10-13)21-18(22)16-11-14(19)6-7-17(16)20/h3-7,10-11H,2,8-9,12H2,1H3,(H,21,22). The Bertz CT molecular complexity index is 694. The van der Waals surface area contributed by atoms with Gasteiger partial charge in [0.05, 0.1) is 25.4 Å². The van der Waals surface area contributed by atoms with Gasteiger partial charge in [0.25, 0.3) is 5.91 Å². The van der Waals surface area contributed by atoms with Gasteiger partial charge in [-0.05, 0) is 65.4 Å². The van der Waals surface area contributed by atoms with Crippen LogP contribution in [-0.2, 0) is 16.1 Å². The highest BCUT2D eigenvalue weighted by Gasteiger charge is 2.11. The fraction of sp³-hybridized carbons (Fsp3) is 0.278. The van der Waals surface area contributed by atoms with Crippen LogP contribution in [0.1, 0.15) is 22.8 Å². The predicted octanol–water partition coefficient (Wildman–Crippen LogP) is 4.75. The maximum atomic E-state index is 12.4. The van der Waals surface area contributed by atoms with Crippen LogP contribution in [0.5, 0.6) is 0 Å². The molecule has 0 atom stereocenters. The summed E-state index contributed by atoms with van der Waals surface area (Å²) < 4.78 is 11.6. The monoisotopic (exact) mass is 459 g/mol. The maximum absolute atomic E-state index is 12.4. The van der Waals surface area contributed by atoms with E-state index >= 15 is 0 Å². The molecule has 0 saturated heterocycles. The van der Waals surface area contributed by atoms with Crippen molar-refractivity contribution in [2.45, 2.75) is 13.5 Å². The molecule has 1 amide bonds. The van der Waals surface area contributed by atoms with Crippen molar-refractivity contribution in [3.63, 3.8) is 0 Å². The van der Waals surface area contributed by atoms with Gasteiger partial charge in [0.2, 0.25) is 0 Å². The fourth-order valence-electron chi connectivity index (χ4n) is 2.06. The van der Waals surface area contributed by atoms with E-state index in [1.807, 2.05) is 37.3 Å². The molecule has 6 heteroatoms. The van der Waals surface area contributed by atoms with Crippen molar-refractivity contribution < 1.29 is 14.3 Å². The van der Waals surface area contributed by atoms with E-state index in [-0.39, 0.29) is 5.91 Å². The predicted molar refractivity (Wildman–Crippen MR) is 105 cm³/mol. The normalized spacial score (nSPS) is 10.6. The average molecular weight is 460 g/mol. The molecule has 0 aromatic heterocycles. The molecule has 2 rings (SSSR count). The third kappa shape index (κ3) is 6.05. The summed E-state index contributed by atoms with van der Waals surface area (Å²) in [6.07, 6.45) is 0. The summed E-state index contributed by atoms with van der Waals surface area (Å²) in [4.78, 5) is 12.4. The Morgan fingerprint density at radius 1 is 1.17 bits per heavy atom. The number of amides is 1. The zero-order valence-electron chi connectivity index (χ0n) is 13.4. The van der Waals surface area contributed by atoms with Crippen molar-refractivity contribution in [2.24, 2.45) is 0 Å². The van der Waals surface area contributed by atoms with Crippen molar-refractivity contribution in [2.75, 3.05) is 25.1 Å². The van der Waals surface area contributed by atoms with Crippen LogP contribution in [0.2, 0.25) is 5.02 Å². The quantitative estimate of drug-likeness (QED) is 0.458. The van der Waals surface area contributed by atoms with E-state index in [1.54, 1.807) is 12.1 Å². The van der Waals surface area contributed by atoms with Crippen molar-refractivity contribution in [1.82, 2.24) is 0 Å². The zero-order chi connectivity index (χ0) is 17.4. The Balaban J connectivity index is 1.96. The molecule has 1 N–H and O–H groups in total. The molecular formula is C18H19ClINO3. The van der Waals surface area contributed by atoms with Crippen LogP contribution in [0.4, 0.5) is 5.69 Å². The molecular weight excluding hydrogens is 441 g/mol. The van der Waals surface area contributed by atoms with Gasteiger partial charge in [0.1, 0.15) is 0 Å². The first-order chi connectivity index (χ1) is 11.6. The van der Waals surface area contributed by atoms with E-state index in [0.29, 0.717) is 37.0 Å². The van der Waals surface area contributed by atoms with Gasteiger partial charge in [-0.3, -0.25) is 4.79 Å². The van der Waals surface area contributed by atoms with Crippen LogP contribution >= 0.6 is 34.2 Å². The molecule has 0 radical (unpaired) electrons. The van der Waals surface area contributed by atoms with Crippen LogP contribution in [0.3, 0.4) is 0 Å². The van der Waals surface area contributed by atoms with E-state index in [2.05, 4.69) is 27.9 Å². The lowest BCUT2D eigenvalue weighted by molar-refractivity contribution is 0.0453. The molecule has 128 valence electrons. The van der Waals surface area contributed by atoms with Gasteiger partial charge in [-0.2, -0.15) is 0 Å². The molecule has 24 heavy (non-hydrogen) atoms. The SMILES string of the molecule is CCOCCOCc1cccc(NC(=O)c2cc(Cl)ccc2I)c1. The number of nitrogens with one attached hydrogen (secondary N) is 1. The van der Waals surface area contributed by atoms with E-state index in [4.69, 9.17) is 21.1 Å². The first kappa shape index (κ1) is 19.2. The molecule has 0 aliphatic rings. The topological polar surface area (TPSA) is 47.6 Å². The van der Waals surface area contributed by atoms with Crippen LogP contribution < -0.4 is 5.32 Å². The molecule has 0 saturated carbocycles. The van der Waals surface area contributed by atoms with Crippen LogP contribution in [-0.4, -0.2) is 25.7 Å². The van der Waals surface area contributed by atoms with Crippen molar-refractivity contribution in [3.05, 3.63) is 62.2 Å². The lowest BCUT2D eigenvalue weighted by Gasteiger charge is -2.09. The number of ether oxygens (including phenoxy) is 2. The lowest BCUT2D eigenvalue weighted by Crippen LogP contribution is -2.13. The van der Waals surface area contributed by atoms with Crippen molar-refractivity contribution in [1.29, 1.82) is 0 Å². The van der Waals surface area contributed by atoms with Gasteiger partial charge >= 0.3 is 0 Å². The minimum absolute atomic E-state index is 0.184. The number of hydrogen-bond acceptors (Lipinski definition) is 3. The van der Waals surface area contributed by atoms with Crippen LogP contribution in [0, 0.1) is 3.57 Å². The first-order valence-electron chi connectivity index (χ1n) is 7.61. The lowest BCUT2D eigenvalue weighted by atomic mass is 10.2. The number of halogens is 2. The summed E-state index contributed by atoms with van der Waals surface area (Å²) >= 11 is 8.09. The van der Waals surface area contributed by atoms with E-state index in [1.165, 1.54) is 0 Å². The third-order valence-corrected chi connectivity index (χ3v) is 4.38. The summed E-state index contributed by atoms with van der Waals surface area (Å²) in [7, 11) is 0. The molecule has 0 aliphatic carbocycles. The van der Waals surface area contributed by atoms with E-state index in [9.17, 15) is 4.79 Å². The largest absolute Gasteiger partial charge is 0.379 e. The molecule has 0 heterocycles. The first-order valence-corrected chi connectivity index (χ1v) is 9.06. The molecule has 0 spiro atoms. The van der Waals surface area contributed by atoms with E-state index in [0.717, 1.165) is 14.8 Å². The molecule has 0 bridgehead atoms. The summed E-state index contributed by atoms with van der Waals surface area (Å²) in [6, 6.07) is 12.8. The minimum Gasteiger partial charge on any atom is -0.379 e. The van der Waals surface area contributed by atoms with Gasteiger partial charge in [0.15, 0.2) is 0 Å². The summed E-state index contributed by atoms with van der Waals surface area (Å²) in [6.45, 7) is 4.25. The summed E-state index contributed by atoms with van der Waals surface area (Å²) in [5.74, 6) is -0.184. The molecule has 2 aromatic carbocycles. The van der Waals surface area contributed by atoms with Crippen LogP contribution in [0.15, 0.2) is 42.5 Å². The summed E-state index contributed by atoms with van der Waals surface area (Å²) in [5, 5.41) is 3.43. The Kier molecular flexibility index (Phi) is 7.98. The van der Waals surface area contributed by atoms with E-state index < -0.39 is 0 Å². The Morgan fingerprint density at radius 3 is 2.75 bits per heavy atom. The van der Waals surface area contributed by atoms with Gasteiger partial charge in [0, 0.05) is 20.9 Å². The number of carbonyl (C=O) groups excluding carboxylic acids is 1. The second-order valence-electron chi connectivity index (χ2n) is 5.03. The van der Waals surface area contributed by atoms with Gasteiger partial charge in [-0.25, -0.2) is 0 Å². The van der Waals surface area contributed by atoms with Crippen LogP contribution in [0.25, 0.3) is 0 Å². The van der Waals surface area contributed by atoms with Gasteiger partial charge in [-0.15, -0.1) is 0 Å². The Hall–Kier alpha value is -1.15. The average Bonchev–Trinajstić information content (AvgIpc) is 2.57. The smallest absolute Gasteiger partial charge is 0.256 e. The zero-order valence-corrected chi connectivity index (χ0v) is 16.3. The fourth-order valence-corrected chi connectivity index (χ4v) is 2.81. The Morgan fingerprint density at radius 2 is 1.96 bits per heavy atom. The number of benzene rings is 2. The number of rotatable bonds is 8. The van der Waals surface area contributed by atoms with Gasteiger partial charge < -0.3 is 14.8 Å². The highest BCUT2D eigenvalue weighted by molar-refractivity contribution is 14.1. The molecule has 0 unspecified atom stereocenters. The maximum Gasteiger partial charge on any atom is 0.256 e. The van der Waals surface area contributed by atoms with Crippen molar-refractivity contribution in [3.8, 4) is 0 Å². The second-order valence-corrected chi connectivity index (χ2v) is 6.63. The molecule has 0 aliphatic heterocycles. The highest BCUT2D eigenvalue weighted by atomic mass is 127. The number of anilines is 1. The van der Waals surface area contributed by atoms with Gasteiger partial charge in [-0.1, -0.05) is 23.7 Å². The molecule has 0 fully saturated rings. The van der Waals surface area contributed by atoms with Crippen molar-refractivity contribution >= 4 is 45.8 Å². The minimum atomic E-state index is -0.184. The second kappa shape index (κ2) is 9.98. The number of carbonyl (C=O) groups is 1. The molecule has 4 nitrogen and oxygen atoms in total. The summed E-state index contributed by atoms with van der Waals surface area (Å²) in [5.41, 5.74) is 2.27. The highest BCUT2D eigenvalue weighted by Crippen LogP contribution is 2.20. The molecule has 2 aromatic rings. The Labute approximate surface area is 160 Å². The number of hydrogen-bond donors (Lipinski definition) is 1.